The van der Waals surface area contributed by atoms with Gasteiger partial charge in [-0.05, 0) is 38.1 Å². The SMILES string of the molecule is Cc1nn(C)c(Cl)c1CNCC1CCCCC1CCl. The maximum absolute atomic E-state index is 6.23. The Morgan fingerprint density at radius 1 is 1.32 bits per heavy atom. The summed E-state index contributed by atoms with van der Waals surface area (Å²) < 4.78 is 1.73. The fourth-order valence-electron chi connectivity index (χ4n) is 3.01. The lowest BCUT2D eigenvalue weighted by molar-refractivity contribution is 0.250. The Hall–Kier alpha value is -0.250. The molecule has 0 amide bonds. The molecule has 108 valence electrons. The molecule has 3 nitrogen and oxygen atoms in total. The molecular formula is C14H23Cl2N3. The first-order chi connectivity index (χ1) is 9.13. The molecule has 1 N–H and O–H groups in total. The largest absolute Gasteiger partial charge is 0.312 e. The van der Waals surface area contributed by atoms with E-state index in [4.69, 9.17) is 23.2 Å². The Balaban J connectivity index is 1.85. The van der Waals surface area contributed by atoms with E-state index in [2.05, 4.69) is 10.4 Å². The molecule has 1 heterocycles. The van der Waals surface area contributed by atoms with Gasteiger partial charge in [-0.3, -0.25) is 4.68 Å². The molecule has 1 aliphatic carbocycles. The molecule has 2 rings (SSSR count). The first-order valence-electron chi connectivity index (χ1n) is 7.08. The van der Waals surface area contributed by atoms with Crippen LogP contribution in [0.15, 0.2) is 0 Å². The van der Waals surface area contributed by atoms with Crippen LogP contribution < -0.4 is 5.32 Å². The monoisotopic (exact) mass is 303 g/mol. The molecule has 1 saturated carbocycles. The van der Waals surface area contributed by atoms with E-state index >= 15 is 0 Å². The van der Waals surface area contributed by atoms with Crippen molar-refractivity contribution in [2.75, 3.05) is 12.4 Å². The highest BCUT2D eigenvalue weighted by atomic mass is 35.5. The van der Waals surface area contributed by atoms with E-state index in [1.807, 2.05) is 14.0 Å². The zero-order chi connectivity index (χ0) is 13.8. The third kappa shape index (κ3) is 3.65. The first-order valence-corrected chi connectivity index (χ1v) is 7.99. The van der Waals surface area contributed by atoms with Crippen LogP contribution in [-0.2, 0) is 13.6 Å². The maximum atomic E-state index is 6.23. The topological polar surface area (TPSA) is 29.9 Å². The van der Waals surface area contributed by atoms with E-state index in [0.717, 1.165) is 35.4 Å². The van der Waals surface area contributed by atoms with Gasteiger partial charge in [-0.1, -0.05) is 24.4 Å². The lowest BCUT2D eigenvalue weighted by Gasteiger charge is -2.30. The molecule has 0 spiro atoms. The van der Waals surface area contributed by atoms with Crippen molar-refractivity contribution in [1.82, 2.24) is 15.1 Å². The second-order valence-electron chi connectivity index (χ2n) is 5.57. The van der Waals surface area contributed by atoms with Gasteiger partial charge in [0, 0.05) is 25.0 Å². The normalized spacial score (nSPS) is 23.8. The molecule has 0 bridgehead atoms. The van der Waals surface area contributed by atoms with Crippen LogP contribution in [0.3, 0.4) is 0 Å². The van der Waals surface area contributed by atoms with Crippen molar-refractivity contribution in [1.29, 1.82) is 0 Å². The molecule has 1 aromatic heterocycles. The molecule has 0 aromatic carbocycles. The number of halogens is 2. The van der Waals surface area contributed by atoms with Gasteiger partial charge in [0.2, 0.25) is 0 Å². The lowest BCUT2D eigenvalue weighted by atomic mass is 9.80. The quantitative estimate of drug-likeness (QED) is 0.844. The zero-order valence-corrected chi connectivity index (χ0v) is 13.3. The highest BCUT2D eigenvalue weighted by molar-refractivity contribution is 6.30. The van der Waals surface area contributed by atoms with Gasteiger partial charge >= 0.3 is 0 Å². The van der Waals surface area contributed by atoms with Crippen LogP contribution in [0.25, 0.3) is 0 Å². The van der Waals surface area contributed by atoms with Gasteiger partial charge in [0.05, 0.1) is 5.69 Å². The molecule has 2 unspecified atom stereocenters. The number of hydrogen-bond donors (Lipinski definition) is 1. The van der Waals surface area contributed by atoms with Gasteiger partial charge in [-0.15, -0.1) is 11.6 Å². The lowest BCUT2D eigenvalue weighted by Crippen LogP contribution is -2.31. The molecule has 1 aromatic rings. The molecule has 2 atom stereocenters. The Kier molecular flexibility index (Phi) is 5.55. The van der Waals surface area contributed by atoms with Crippen molar-refractivity contribution < 1.29 is 0 Å². The third-order valence-electron chi connectivity index (χ3n) is 4.24. The summed E-state index contributed by atoms with van der Waals surface area (Å²) in [5.41, 5.74) is 2.12. The smallest absolute Gasteiger partial charge is 0.131 e. The minimum atomic E-state index is 0.674. The summed E-state index contributed by atoms with van der Waals surface area (Å²) in [6.07, 6.45) is 5.25. The fourth-order valence-corrected chi connectivity index (χ4v) is 3.66. The van der Waals surface area contributed by atoms with E-state index in [-0.39, 0.29) is 0 Å². The average Bonchev–Trinajstić information content (AvgIpc) is 2.65. The summed E-state index contributed by atoms with van der Waals surface area (Å²) in [5, 5.41) is 8.60. The number of rotatable bonds is 5. The van der Waals surface area contributed by atoms with Crippen molar-refractivity contribution in [2.45, 2.75) is 39.2 Å². The Labute approximate surface area is 125 Å². The van der Waals surface area contributed by atoms with Gasteiger partial charge < -0.3 is 5.32 Å². The van der Waals surface area contributed by atoms with E-state index in [1.165, 1.54) is 25.7 Å². The fraction of sp³-hybridized carbons (Fsp3) is 0.786. The molecule has 1 fully saturated rings. The number of nitrogens with zero attached hydrogens (tertiary/aromatic N) is 2. The van der Waals surface area contributed by atoms with Crippen molar-refractivity contribution in [3.8, 4) is 0 Å². The molecule has 19 heavy (non-hydrogen) atoms. The zero-order valence-electron chi connectivity index (χ0n) is 11.8. The van der Waals surface area contributed by atoms with Crippen LogP contribution in [0.2, 0.25) is 5.15 Å². The summed E-state index contributed by atoms with van der Waals surface area (Å²) in [6, 6.07) is 0. The van der Waals surface area contributed by atoms with Crippen LogP contribution in [0.4, 0.5) is 0 Å². The Morgan fingerprint density at radius 3 is 2.58 bits per heavy atom. The van der Waals surface area contributed by atoms with Crippen molar-refractivity contribution in [2.24, 2.45) is 18.9 Å². The van der Waals surface area contributed by atoms with Gasteiger partial charge in [0.25, 0.3) is 0 Å². The standard InChI is InChI=1S/C14H23Cl2N3/c1-10-13(14(16)19(2)18-10)9-17-8-12-6-4-3-5-11(12)7-15/h11-12,17H,3-9H2,1-2H3. The van der Waals surface area contributed by atoms with Crippen LogP contribution in [0.5, 0.6) is 0 Å². The van der Waals surface area contributed by atoms with E-state index in [9.17, 15) is 0 Å². The first kappa shape index (κ1) is 15.1. The molecule has 0 radical (unpaired) electrons. The van der Waals surface area contributed by atoms with Crippen molar-refractivity contribution in [3.63, 3.8) is 0 Å². The van der Waals surface area contributed by atoms with Gasteiger partial charge in [-0.2, -0.15) is 5.10 Å². The molecule has 0 aliphatic heterocycles. The predicted molar refractivity (Wildman–Crippen MR) is 80.8 cm³/mol. The van der Waals surface area contributed by atoms with Crippen LogP contribution in [0, 0.1) is 18.8 Å². The molecule has 0 saturated heterocycles. The summed E-state index contributed by atoms with van der Waals surface area (Å²) >= 11 is 12.3. The van der Waals surface area contributed by atoms with Crippen molar-refractivity contribution in [3.05, 3.63) is 16.4 Å². The Bertz CT molecular complexity index is 417. The van der Waals surface area contributed by atoms with E-state index < -0.39 is 0 Å². The third-order valence-corrected chi connectivity index (χ3v) is 5.11. The number of alkyl halides is 1. The highest BCUT2D eigenvalue weighted by Crippen LogP contribution is 2.30. The van der Waals surface area contributed by atoms with E-state index in [1.54, 1.807) is 4.68 Å². The second kappa shape index (κ2) is 6.96. The average molecular weight is 304 g/mol. The van der Waals surface area contributed by atoms with Gasteiger partial charge in [0.1, 0.15) is 5.15 Å². The number of aryl methyl sites for hydroxylation is 2. The van der Waals surface area contributed by atoms with Crippen LogP contribution >= 0.6 is 23.2 Å². The molecule has 1 aliphatic rings. The van der Waals surface area contributed by atoms with Crippen LogP contribution in [0.1, 0.15) is 36.9 Å². The maximum Gasteiger partial charge on any atom is 0.131 e. The predicted octanol–water partition coefficient (Wildman–Crippen LogP) is 3.52. The summed E-state index contributed by atoms with van der Waals surface area (Å²) in [7, 11) is 1.88. The van der Waals surface area contributed by atoms with E-state index in [0.29, 0.717) is 11.8 Å². The summed E-state index contributed by atoms with van der Waals surface area (Å²) in [6.45, 7) is 3.83. The summed E-state index contributed by atoms with van der Waals surface area (Å²) in [4.78, 5) is 0. The second-order valence-corrected chi connectivity index (χ2v) is 6.23. The molecular weight excluding hydrogens is 281 g/mol. The van der Waals surface area contributed by atoms with Gasteiger partial charge in [0.15, 0.2) is 0 Å². The summed E-state index contributed by atoms with van der Waals surface area (Å²) in [5.74, 6) is 2.18. The minimum Gasteiger partial charge on any atom is -0.312 e. The number of hydrogen-bond acceptors (Lipinski definition) is 2. The minimum absolute atomic E-state index is 0.674. The number of nitrogens with one attached hydrogen (secondary N) is 1. The van der Waals surface area contributed by atoms with Gasteiger partial charge in [-0.25, -0.2) is 0 Å². The Morgan fingerprint density at radius 2 is 2.00 bits per heavy atom. The molecule has 5 heteroatoms. The van der Waals surface area contributed by atoms with Crippen molar-refractivity contribution >= 4 is 23.2 Å². The number of aromatic nitrogens is 2. The van der Waals surface area contributed by atoms with Crippen LogP contribution in [-0.4, -0.2) is 22.2 Å². The highest BCUT2D eigenvalue weighted by Gasteiger charge is 2.24.